The third-order valence-corrected chi connectivity index (χ3v) is 3.37. The van der Waals surface area contributed by atoms with Crippen LogP contribution in [0.2, 0.25) is 5.02 Å². The predicted octanol–water partition coefficient (Wildman–Crippen LogP) is 2.52. The van der Waals surface area contributed by atoms with E-state index in [0.29, 0.717) is 29.6 Å². The van der Waals surface area contributed by atoms with E-state index in [1.54, 1.807) is 25.0 Å². The zero-order valence-electron chi connectivity index (χ0n) is 11.8. The Morgan fingerprint density at radius 3 is 2.75 bits per heavy atom. The Labute approximate surface area is 123 Å². The maximum Gasteiger partial charge on any atom is 0.129 e. The topological polar surface area (TPSA) is 62.3 Å². The van der Waals surface area contributed by atoms with E-state index >= 15 is 0 Å². The molecule has 5 nitrogen and oxygen atoms in total. The molecule has 6 heteroatoms. The van der Waals surface area contributed by atoms with Crippen LogP contribution in [0.4, 0.5) is 5.82 Å². The van der Waals surface area contributed by atoms with Crippen molar-refractivity contribution in [3.8, 4) is 16.9 Å². The summed E-state index contributed by atoms with van der Waals surface area (Å²) in [5, 5.41) is 5.07. The second kappa shape index (κ2) is 6.15. The standard InChI is InChI=1S/C14H18ClN3O2/c1-18-14(16)13(11(17-18)6-7-19-2)10-8-9(15)4-5-12(10)20-3/h4-5,8H,6-7,16H2,1-3H3. The first-order valence-corrected chi connectivity index (χ1v) is 6.60. The van der Waals surface area contributed by atoms with Crippen LogP contribution in [0.25, 0.3) is 11.1 Å². The number of anilines is 1. The smallest absolute Gasteiger partial charge is 0.129 e. The van der Waals surface area contributed by atoms with E-state index in [1.165, 1.54) is 0 Å². The molecule has 1 aromatic heterocycles. The van der Waals surface area contributed by atoms with Gasteiger partial charge in [0.25, 0.3) is 0 Å². The van der Waals surface area contributed by atoms with Crippen molar-refractivity contribution in [2.75, 3.05) is 26.6 Å². The summed E-state index contributed by atoms with van der Waals surface area (Å²) in [6.45, 7) is 0.576. The highest BCUT2D eigenvalue weighted by Gasteiger charge is 2.19. The van der Waals surface area contributed by atoms with Crippen molar-refractivity contribution < 1.29 is 9.47 Å². The number of aryl methyl sites for hydroxylation is 1. The first-order chi connectivity index (χ1) is 9.58. The van der Waals surface area contributed by atoms with Crippen molar-refractivity contribution in [2.24, 2.45) is 7.05 Å². The molecule has 0 aliphatic carbocycles. The number of ether oxygens (including phenoxy) is 2. The highest BCUT2D eigenvalue weighted by molar-refractivity contribution is 6.31. The minimum atomic E-state index is 0.576. The molecule has 2 rings (SSSR count). The lowest BCUT2D eigenvalue weighted by Gasteiger charge is -2.10. The van der Waals surface area contributed by atoms with Gasteiger partial charge in [-0.3, -0.25) is 4.68 Å². The minimum Gasteiger partial charge on any atom is -0.496 e. The van der Waals surface area contributed by atoms with Crippen molar-refractivity contribution in [1.29, 1.82) is 0 Å². The van der Waals surface area contributed by atoms with Crippen LogP contribution in [0.3, 0.4) is 0 Å². The normalized spacial score (nSPS) is 10.8. The van der Waals surface area contributed by atoms with Gasteiger partial charge in [-0.1, -0.05) is 11.6 Å². The summed E-state index contributed by atoms with van der Waals surface area (Å²) >= 11 is 6.09. The highest BCUT2D eigenvalue weighted by atomic mass is 35.5. The lowest BCUT2D eigenvalue weighted by atomic mass is 10.0. The van der Waals surface area contributed by atoms with Gasteiger partial charge in [0.1, 0.15) is 11.6 Å². The molecule has 0 radical (unpaired) electrons. The first-order valence-electron chi connectivity index (χ1n) is 6.22. The van der Waals surface area contributed by atoms with Crippen LogP contribution in [-0.2, 0) is 18.2 Å². The molecule has 0 saturated carbocycles. The minimum absolute atomic E-state index is 0.576. The monoisotopic (exact) mass is 295 g/mol. The lowest BCUT2D eigenvalue weighted by Crippen LogP contribution is -1.98. The summed E-state index contributed by atoms with van der Waals surface area (Å²) in [5.41, 5.74) is 8.70. The van der Waals surface area contributed by atoms with Crippen LogP contribution in [-0.4, -0.2) is 30.6 Å². The highest BCUT2D eigenvalue weighted by Crippen LogP contribution is 2.38. The third-order valence-electron chi connectivity index (χ3n) is 3.14. The van der Waals surface area contributed by atoms with E-state index in [9.17, 15) is 0 Å². The van der Waals surface area contributed by atoms with E-state index in [0.717, 1.165) is 16.8 Å². The fraction of sp³-hybridized carbons (Fsp3) is 0.357. The Kier molecular flexibility index (Phi) is 4.52. The zero-order valence-corrected chi connectivity index (χ0v) is 12.6. The van der Waals surface area contributed by atoms with Crippen LogP contribution in [0.5, 0.6) is 5.75 Å². The Morgan fingerprint density at radius 1 is 1.35 bits per heavy atom. The van der Waals surface area contributed by atoms with Gasteiger partial charge in [-0.2, -0.15) is 5.10 Å². The van der Waals surface area contributed by atoms with Crippen LogP contribution in [0, 0.1) is 0 Å². The number of hydrogen-bond acceptors (Lipinski definition) is 4. The van der Waals surface area contributed by atoms with E-state index in [1.807, 2.05) is 19.2 Å². The Balaban J connectivity index is 2.58. The number of rotatable bonds is 5. The van der Waals surface area contributed by atoms with Crippen LogP contribution < -0.4 is 10.5 Å². The number of methoxy groups -OCH3 is 2. The van der Waals surface area contributed by atoms with Gasteiger partial charge < -0.3 is 15.2 Å². The fourth-order valence-corrected chi connectivity index (χ4v) is 2.31. The molecule has 2 aromatic rings. The maximum atomic E-state index is 6.14. The zero-order chi connectivity index (χ0) is 14.7. The fourth-order valence-electron chi connectivity index (χ4n) is 2.14. The summed E-state index contributed by atoms with van der Waals surface area (Å²) < 4.78 is 12.2. The number of benzene rings is 1. The summed E-state index contributed by atoms with van der Waals surface area (Å²) in [4.78, 5) is 0. The molecular weight excluding hydrogens is 278 g/mol. The molecule has 2 N–H and O–H groups in total. The number of hydrogen-bond donors (Lipinski definition) is 1. The van der Waals surface area contributed by atoms with E-state index in [2.05, 4.69) is 5.10 Å². The maximum absolute atomic E-state index is 6.14. The molecule has 0 saturated heterocycles. The number of nitrogen functional groups attached to an aromatic ring is 1. The largest absolute Gasteiger partial charge is 0.496 e. The van der Waals surface area contributed by atoms with E-state index in [4.69, 9.17) is 26.8 Å². The number of halogens is 1. The van der Waals surface area contributed by atoms with E-state index in [-0.39, 0.29) is 0 Å². The predicted molar refractivity (Wildman–Crippen MR) is 80.2 cm³/mol. The molecule has 0 spiro atoms. The van der Waals surface area contributed by atoms with Gasteiger partial charge in [-0.05, 0) is 18.2 Å². The molecule has 0 aliphatic heterocycles. The third kappa shape index (κ3) is 2.73. The molecule has 0 atom stereocenters. The van der Waals surface area contributed by atoms with Crippen LogP contribution in [0.1, 0.15) is 5.69 Å². The van der Waals surface area contributed by atoms with Crippen molar-refractivity contribution in [3.63, 3.8) is 0 Å². The molecule has 20 heavy (non-hydrogen) atoms. The van der Waals surface area contributed by atoms with E-state index < -0.39 is 0 Å². The first kappa shape index (κ1) is 14.7. The Morgan fingerprint density at radius 2 is 2.10 bits per heavy atom. The molecular formula is C14H18ClN3O2. The van der Waals surface area contributed by atoms with Gasteiger partial charge in [0.15, 0.2) is 0 Å². The summed E-state index contributed by atoms with van der Waals surface area (Å²) in [6, 6.07) is 5.44. The van der Waals surface area contributed by atoms with Gasteiger partial charge in [0.2, 0.25) is 0 Å². The van der Waals surface area contributed by atoms with Crippen molar-refractivity contribution in [1.82, 2.24) is 9.78 Å². The average molecular weight is 296 g/mol. The number of nitrogens with zero attached hydrogens (tertiary/aromatic N) is 2. The molecule has 0 unspecified atom stereocenters. The summed E-state index contributed by atoms with van der Waals surface area (Å²) in [7, 11) is 5.09. The van der Waals surface area contributed by atoms with Gasteiger partial charge in [0.05, 0.1) is 25.0 Å². The second-order valence-corrected chi connectivity index (χ2v) is 4.85. The molecule has 108 valence electrons. The number of nitrogens with two attached hydrogens (primary N) is 1. The van der Waals surface area contributed by atoms with Crippen LogP contribution >= 0.6 is 11.6 Å². The molecule has 1 aromatic carbocycles. The summed E-state index contributed by atoms with van der Waals surface area (Å²) in [6.07, 6.45) is 0.673. The average Bonchev–Trinajstić information content (AvgIpc) is 2.71. The van der Waals surface area contributed by atoms with Crippen molar-refractivity contribution in [2.45, 2.75) is 6.42 Å². The van der Waals surface area contributed by atoms with Gasteiger partial charge in [0, 0.05) is 31.2 Å². The molecule has 0 bridgehead atoms. The quantitative estimate of drug-likeness (QED) is 0.921. The molecule has 0 fully saturated rings. The molecule has 0 amide bonds. The van der Waals surface area contributed by atoms with Gasteiger partial charge in [-0.15, -0.1) is 0 Å². The van der Waals surface area contributed by atoms with Gasteiger partial charge in [-0.25, -0.2) is 0 Å². The number of aromatic nitrogens is 2. The second-order valence-electron chi connectivity index (χ2n) is 4.42. The Hall–Kier alpha value is -1.72. The Bertz CT molecular complexity index is 611. The van der Waals surface area contributed by atoms with Crippen molar-refractivity contribution >= 4 is 17.4 Å². The van der Waals surface area contributed by atoms with Crippen molar-refractivity contribution in [3.05, 3.63) is 28.9 Å². The summed E-state index contributed by atoms with van der Waals surface area (Å²) in [5.74, 6) is 1.30. The lowest BCUT2D eigenvalue weighted by molar-refractivity contribution is 0.201. The molecule has 0 aliphatic rings. The molecule has 1 heterocycles. The SMILES string of the molecule is COCCc1nn(C)c(N)c1-c1cc(Cl)ccc1OC. The van der Waals surface area contributed by atoms with Crippen LogP contribution in [0.15, 0.2) is 18.2 Å². The van der Waals surface area contributed by atoms with Gasteiger partial charge >= 0.3 is 0 Å².